The molecule has 3 rings (SSSR count). The number of nitrogens with one attached hydrogen (secondary N) is 1. The van der Waals surface area contributed by atoms with Crippen LogP contribution in [0.3, 0.4) is 0 Å². The van der Waals surface area contributed by atoms with E-state index in [1.54, 1.807) is 23.5 Å². The van der Waals surface area contributed by atoms with Crippen LogP contribution in [0.2, 0.25) is 0 Å². The van der Waals surface area contributed by atoms with Crippen LogP contribution in [0.25, 0.3) is 0 Å². The second kappa shape index (κ2) is 10.6. The Morgan fingerprint density at radius 1 is 1.17 bits per heavy atom. The molecule has 8 heteroatoms. The maximum absolute atomic E-state index is 12.9. The molecule has 1 aromatic carbocycles. The molecule has 2 heterocycles. The van der Waals surface area contributed by atoms with Gasteiger partial charge in [-0.05, 0) is 56.2 Å². The maximum atomic E-state index is 12.9. The van der Waals surface area contributed by atoms with Crippen LogP contribution in [0.15, 0.2) is 34.2 Å². The third kappa shape index (κ3) is 5.74. The summed E-state index contributed by atoms with van der Waals surface area (Å²) in [6.07, 6.45) is 4.40. The van der Waals surface area contributed by atoms with Gasteiger partial charge in [0.1, 0.15) is 0 Å². The van der Waals surface area contributed by atoms with Gasteiger partial charge >= 0.3 is 0 Å². The molecule has 1 unspecified atom stereocenters. The molecule has 0 aliphatic carbocycles. The largest absolute Gasteiger partial charge is 0.378 e. The van der Waals surface area contributed by atoms with E-state index in [2.05, 4.69) is 22.1 Å². The van der Waals surface area contributed by atoms with E-state index in [-0.39, 0.29) is 0 Å². The van der Waals surface area contributed by atoms with Gasteiger partial charge in [0.05, 0.1) is 11.0 Å². The first-order chi connectivity index (χ1) is 14.4. The highest BCUT2D eigenvalue weighted by Gasteiger charge is 2.28. The summed E-state index contributed by atoms with van der Waals surface area (Å²) in [5, 5.41) is 3.40. The van der Waals surface area contributed by atoms with Crippen molar-refractivity contribution in [1.82, 2.24) is 14.5 Å². The summed E-state index contributed by atoms with van der Waals surface area (Å²) in [5.41, 5.74) is 1.03. The molecular formula is C22H36N4O3S. The number of likely N-dealkylation sites (tertiary alicyclic amines) is 1. The van der Waals surface area contributed by atoms with Crippen LogP contribution in [0.5, 0.6) is 0 Å². The minimum Gasteiger partial charge on any atom is -0.378 e. The van der Waals surface area contributed by atoms with Crippen molar-refractivity contribution in [1.29, 1.82) is 0 Å². The van der Waals surface area contributed by atoms with Gasteiger partial charge in [-0.15, -0.1) is 0 Å². The van der Waals surface area contributed by atoms with E-state index in [0.717, 1.165) is 56.9 Å². The molecule has 0 saturated carbocycles. The predicted molar refractivity (Wildman–Crippen MR) is 120 cm³/mol. The van der Waals surface area contributed by atoms with Crippen molar-refractivity contribution in [3.05, 3.63) is 29.8 Å². The monoisotopic (exact) mass is 436 g/mol. The minimum atomic E-state index is -3.41. The molecule has 0 bridgehead atoms. The molecule has 1 atom stereocenters. The summed E-state index contributed by atoms with van der Waals surface area (Å²) >= 11 is 0. The molecule has 2 fully saturated rings. The quantitative estimate of drug-likeness (QED) is 0.548. The number of rotatable bonds is 6. The Kier molecular flexibility index (Phi) is 8.13. The van der Waals surface area contributed by atoms with Crippen molar-refractivity contribution in [3.63, 3.8) is 0 Å². The van der Waals surface area contributed by atoms with Crippen molar-refractivity contribution in [2.75, 3.05) is 39.8 Å². The molecule has 168 valence electrons. The number of piperidine rings is 2. The number of hydrogen-bond donors (Lipinski definition) is 1. The van der Waals surface area contributed by atoms with Crippen LogP contribution in [0.1, 0.15) is 45.1 Å². The number of hydrogen-bond acceptors (Lipinski definition) is 4. The number of aliphatic imine (C=N–C) groups is 1. The van der Waals surface area contributed by atoms with Crippen LogP contribution in [-0.2, 0) is 21.3 Å². The van der Waals surface area contributed by atoms with Crippen LogP contribution < -0.4 is 5.32 Å². The van der Waals surface area contributed by atoms with Crippen molar-refractivity contribution < 1.29 is 13.2 Å². The van der Waals surface area contributed by atoms with E-state index in [0.29, 0.717) is 36.6 Å². The smallest absolute Gasteiger partial charge is 0.243 e. The lowest BCUT2D eigenvalue weighted by atomic mass is 10.0. The zero-order chi connectivity index (χ0) is 21.6. The molecule has 2 aliphatic heterocycles. The molecule has 30 heavy (non-hydrogen) atoms. The van der Waals surface area contributed by atoms with Crippen LogP contribution in [-0.4, -0.2) is 69.5 Å². The third-order valence-corrected chi connectivity index (χ3v) is 7.87. The van der Waals surface area contributed by atoms with Gasteiger partial charge in [-0.2, -0.15) is 4.31 Å². The summed E-state index contributed by atoms with van der Waals surface area (Å²) in [7, 11) is -1.61. The molecule has 0 radical (unpaired) electrons. The van der Waals surface area contributed by atoms with Crippen LogP contribution in [0, 0.1) is 5.92 Å². The molecule has 0 spiro atoms. The summed E-state index contributed by atoms with van der Waals surface area (Å²) in [4.78, 5) is 7.04. The number of benzene rings is 1. The number of ether oxygens (including phenoxy) is 1. The summed E-state index contributed by atoms with van der Waals surface area (Å²) in [6.45, 7) is 8.61. The lowest BCUT2D eigenvalue weighted by molar-refractivity contribution is 0.0263. The zero-order valence-corrected chi connectivity index (χ0v) is 19.3. The molecule has 1 aromatic rings. The highest BCUT2D eigenvalue weighted by atomic mass is 32.2. The van der Waals surface area contributed by atoms with Crippen LogP contribution >= 0.6 is 0 Å². The van der Waals surface area contributed by atoms with Gasteiger partial charge in [0.2, 0.25) is 10.0 Å². The first-order valence-electron chi connectivity index (χ1n) is 11.1. The summed E-state index contributed by atoms with van der Waals surface area (Å²) < 4.78 is 33.2. The molecule has 0 amide bonds. The first kappa shape index (κ1) is 23.0. The molecular weight excluding hydrogens is 400 g/mol. The van der Waals surface area contributed by atoms with E-state index < -0.39 is 10.0 Å². The Labute approximate surface area is 181 Å². The van der Waals surface area contributed by atoms with Crippen molar-refractivity contribution in [2.24, 2.45) is 10.9 Å². The average molecular weight is 437 g/mol. The Balaban J connectivity index is 1.55. The van der Waals surface area contributed by atoms with Crippen molar-refractivity contribution >= 4 is 16.0 Å². The van der Waals surface area contributed by atoms with Gasteiger partial charge in [-0.3, -0.25) is 4.99 Å². The maximum Gasteiger partial charge on any atom is 0.243 e. The Morgan fingerprint density at radius 3 is 2.47 bits per heavy atom. The second-order valence-corrected chi connectivity index (χ2v) is 10.2. The molecule has 7 nitrogen and oxygen atoms in total. The Morgan fingerprint density at radius 2 is 1.87 bits per heavy atom. The van der Waals surface area contributed by atoms with E-state index in [4.69, 9.17) is 4.74 Å². The standard InChI is InChI=1S/C22H36N4O3S/c1-4-29-20-11-14-25(15-12-20)22(23-3)24-16-19-7-9-21(10-8-19)30(27,28)26-13-5-6-18(2)17-26/h7-10,18,20H,4-6,11-17H2,1-3H3,(H,23,24). The van der Waals surface area contributed by atoms with E-state index in [9.17, 15) is 8.42 Å². The highest BCUT2D eigenvalue weighted by molar-refractivity contribution is 7.89. The van der Waals surface area contributed by atoms with Gasteiger partial charge in [-0.1, -0.05) is 19.1 Å². The van der Waals surface area contributed by atoms with Crippen molar-refractivity contribution in [3.8, 4) is 0 Å². The molecule has 0 aromatic heterocycles. The zero-order valence-electron chi connectivity index (χ0n) is 18.5. The normalized spacial score (nSPS) is 22.3. The minimum absolute atomic E-state index is 0.349. The van der Waals surface area contributed by atoms with Gasteiger partial charge in [-0.25, -0.2) is 8.42 Å². The number of sulfonamides is 1. The van der Waals surface area contributed by atoms with Gasteiger partial charge < -0.3 is 15.0 Å². The fourth-order valence-electron chi connectivity index (χ4n) is 4.28. The number of nitrogens with zero attached hydrogens (tertiary/aromatic N) is 3. The second-order valence-electron chi connectivity index (χ2n) is 8.30. The Bertz CT molecular complexity index is 802. The van der Waals surface area contributed by atoms with Crippen LogP contribution in [0.4, 0.5) is 0 Å². The first-order valence-corrected chi connectivity index (χ1v) is 12.5. The van der Waals surface area contributed by atoms with E-state index >= 15 is 0 Å². The average Bonchev–Trinajstić information content (AvgIpc) is 2.76. The molecule has 1 N–H and O–H groups in total. The van der Waals surface area contributed by atoms with Crippen molar-refractivity contribution in [2.45, 2.75) is 57.1 Å². The molecule has 2 saturated heterocycles. The third-order valence-electron chi connectivity index (χ3n) is 5.99. The fourth-order valence-corrected chi connectivity index (χ4v) is 5.87. The summed E-state index contributed by atoms with van der Waals surface area (Å²) in [5.74, 6) is 1.30. The van der Waals surface area contributed by atoms with E-state index in [1.165, 1.54) is 0 Å². The predicted octanol–water partition coefficient (Wildman–Crippen LogP) is 2.68. The van der Waals surface area contributed by atoms with Gasteiger partial charge in [0.25, 0.3) is 0 Å². The topological polar surface area (TPSA) is 74.2 Å². The molecule has 2 aliphatic rings. The van der Waals surface area contributed by atoms with Gasteiger partial charge in [0.15, 0.2) is 5.96 Å². The highest BCUT2D eigenvalue weighted by Crippen LogP contribution is 2.23. The number of guanidine groups is 1. The van der Waals surface area contributed by atoms with Gasteiger partial charge in [0, 0.05) is 46.4 Å². The lowest BCUT2D eigenvalue weighted by Crippen LogP contribution is -2.46. The lowest BCUT2D eigenvalue weighted by Gasteiger charge is -2.34. The van der Waals surface area contributed by atoms with E-state index in [1.807, 2.05) is 19.1 Å². The fraction of sp³-hybridized carbons (Fsp3) is 0.682. The Hall–Kier alpha value is -1.64. The SMILES string of the molecule is CCOC1CCN(C(=NC)NCc2ccc(S(=O)(=O)N3CCCC(C)C3)cc2)CC1. The summed E-state index contributed by atoms with van der Waals surface area (Å²) in [6, 6.07) is 7.23.